The maximum absolute atomic E-state index is 12.8. The maximum atomic E-state index is 12.8. The molecule has 0 spiro atoms. The summed E-state index contributed by atoms with van der Waals surface area (Å²) in [4.78, 5) is 39.0. The Morgan fingerprint density at radius 1 is 1.20 bits per heavy atom. The molecule has 0 radical (unpaired) electrons. The molecule has 0 aromatic rings. The van der Waals surface area contributed by atoms with E-state index in [0.29, 0.717) is 25.3 Å². The van der Waals surface area contributed by atoms with E-state index in [1.54, 1.807) is 11.8 Å². The van der Waals surface area contributed by atoms with Gasteiger partial charge in [-0.25, -0.2) is 0 Å². The van der Waals surface area contributed by atoms with Gasteiger partial charge in [0, 0.05) is 12.6 Å². The van der Waals surface area contributed by atoms with Crippen LogP contribution in [0, 0.1) is 5.92 Å². The Kier molecular flexibility index (Phi) is 6.81. The SMILES string of the molecule is CCC(CC)CNC(=O)[C@@H]1CC[C@@H]2CC[C@H](NC(=O)[C@H](C)N)C(=O)N21. The normalized spacial score (nSPS) is 27.2. The van der Waals surface area contributed by atoms with Crippen molar-refractivity contribution in [3.8, 4) is 0 Å². The van der Waals surface area contributed by atoms with Gasteiger partial charge in [-0.1, -0.05) is 26.7 Å². The van der Waals surface area contributed by atoms with Crippen molar-refractivity contribution in [2.45, 2.75) is 83.5 Å². The van der Waals surface area contributed by atoms with E-state index in [4.69, 9.17) is 5.73 Å². The number of carbonyl (C=O) groups is 3. The third-order valence-corrected chi connectivity index (χ3v) is 5.60. The van der Waals surface area contributed by atoms with Crippen LogP contribution < -0.4 is 16.4 Å². The zero-order chi connectivity index (χ0) is 18.6. The number of piperidine rings is 1. The molecule has 7 heteroatoms. The largest absolute Gasteiger partial charge is 0.354 e. The molecule has 2 aliphatic heterocycles. The van der Waals surface area contributed by atoms with Crippen molar-refractivity contribution in [2.24, 2.45) is 11.7 Å². The molecule has 4 N–H and O–H groups in total. The predicted octanol–water partition coefficient (Wildman–Crippen LogP) is 0.524. The molecule has 0 aromatic heterocycles. The lowest BCUT2D eigenvalue weighted by molar-refractivity contribution is -0.146. The number of nitrogens with zero attached hydrogens (tertiary/aromatic N) is 1. The Morgan fingerprint density at radius 2 is 1.84 bits per heavy atom. The summed E-state index contributed by atoms with van der Waals surface area (Å²) in [5, 5.41) is 5.74. The van der Waals surface area contributed by atoms with Gasteiger partial charge in [0.2, 0.25) is 17.7 Å². The highest BCUT2D eigenvalue weighted by Crippen LogP contribution is 2.32. The quantitative estimate of drug-likeness (QED) is 0.621. The van der Waals surface area contributed by atoms with Crippen LogP contribution in [0.25, 0.3) is 0 Å². The second-order valence-electron chi connectivity index (χ2n) is 7.35. The van der Waals surface area contributed by atoms with Gasteiger partial charge in [0.05, 0.1) is 6.04 Å². The van der Waals surface area contributed by atoms with Crippen LogP contribution in [0.2, 0.25) is 0 Å². The summed E-state index contributed by atoms with van der Waals surface area (Å²) in [5.41, 5.74) is 5.57. The lowest BCUT2D eigenvalue weighted by Gasteiger charge is -2.38. The zero-order valence-corrected chi connectivity index (χ0v) is 15.6. The average molecular weight is 352 g/mol. The van der Waals surface area contributed by atoms with E-state index >= 15 is 0 Å². The third kappa shape index (κ3) is 4.51. The highest BCUT2D eigenvalue weighted by Gasteiger charge is 2.46. The molecule has 0 saturated carbocycles. The minimum atomic E-state index is -0.650. The van der Waals surface area contributed by atoms with Crippen LogP contribution in [0.3, 0.4) is 0 Å². The summed E-state index contributed by atoms with van der Waals surface area (Å²) in [6.07, 6.45) is 5.02. The van der Waals surface area contributed by atoms with Gasteiger partial charge in [-0.3, -0.25) is 14.4 Å². The third-order valence-electron chi connectivity index (χ3n) is 5.60. The summed E-state index contributed by atoms with van der Waals surface area (Å²) in [5.74, 6) is -0.0747. The molecule has 0 aliphatic carbocycles. The van der Waals surface area contributed by atoms with Gasteiger partial charge in [-0.05, 0) is 38.5 Å². The lowest BCUT2D eigenvalue weighted by Crippen LogP contribution is -2.60. The fraction of sp³-hybridized carbons (Fsp3) is 0.833. The van der Waals surface area contributed by atoms with Crippen LogP contribution >= 0.6 is 0 Å². The number of amides is 3. The Hall–Kier alpha value is -1.63. The van der Waals surface area contributed by atoms with Crippen LogP contribution in [0.15, 0.2) is 0 Å². The number of rotatable bonds is 7. The Bertz CT molecular complexity index is 505. The Labute approximate surface area is 150 Å². The Morgan fingerprint density at radius 3 is 2.44 bits per heavy atom. The minimum Gasteiger partial charge on any atom is -0.354 e. The lowest BCUT2D eigenvalue weighted by atomic mass is 9.97. The van der Waals surface area contributed by atoms with Crippen molar-refractivity contribution in [1.29, 1.82) is 0 Å². The van der Waals surface area contributed by atoms with Crippen LogP contribution in [-0.4, -0.2) is 53.3 Å². The highest BCUT2D eigenvalue weighted by molar-refractivity contribution is 5.94. The van der Waals surface area contributed by atoms with Gasteiger partial charge in [-0.15, -0.1) is 0 Å². The maximum Gasteiger partial charge on any atom is 0.246 e. The van der Waals surface area contributed by atoms with E-state index < -0.39 is 18.1 Å². The molecule has 2 fully saturated rings. The Balaban J connectivity index is 1.99. The summed E-state index contributed by atoms with van der Waals surface area (Å²) in [6, 6.07) is -1.52. The zero-order valence-electron chi connectivity index (χ0n) is 15.6. The molecule has 25 heavy (non-hydrogen) atoms. The molecule has 2 rings (SSSR count). The number of nitrogens with two attached hydrogens (primary N) is 1. The van der Waals surface area contributed by atoms with E-state index in [1.807, 2.05) is 0 Å². The van der Waals surface area contributed by atoms with Gasteiger partial charge < -0.3 is 21.3 Å². The van der Waals surface area contributed by atoms with Crippen molar-refractivity contribution in [3.05, 3.63) is 0 Å². The predicted molar refractivity (Wildman–Crippen MR) is 95.6 cm³/mol. The van der Waals surface area contributed by atoms with Crippen molar-refractivity contribution < 1.29 is 14.4 Å². The fourth-order valence-corrected chi connectivity index (χ4v) is 3.80. The summed E-state index contributed by atoms with van der Waals surface area (Å²) in [6.45, 7) is 6.48. The molecule has 3 amide bonds. The number of hydrogen-bond acceptors (Lipinski definition) is 4. The smallest absolute Gasteiger partial charge is 0.246 e. The van der Waals surface area contributed by atoms with Crippen molar-refractivity contribution >= 4 is 17.7 Å². The fourth-order valence-electron chi connectivity index (χ4n) is 3.80. The van der Waals surface area contributed by atoms with Gasteiger partial charge in [-0.2, -0.15) is 0 Å². The van der Waals surface area contributed by atoms with Gasteiger partial charge in [0.25, 0.3) is 0 Å². The molecule has 2 aliphatic rings. The van der Waals surface area contributed by atoms with E-state index in [9.17, 15) is 14.4 Å². The number of hydrogen-bond donors (Lipinski definition) is 3. The molecule has 4 atom stereocenters. The summed E-state index contributed by atoms with van der Waals surface area (Å²) < 4.78 is 0. The number of carbonyl (C=O) groups excluding carboxylic acids is 3. The number of nitrogens with one attached hydrogen (secondary N) is 2. The number of fused-ring (bicyclic) bond motifs is 1. The standard InChI is InChI=1S/C18H32N4O3/c1-4-12(5-2)10-20-17(24)15-9-7-13-6-8-14(18(25)22(13)15)21-16(23)11(3)19/h11-15H,4-10,19H2,1-3H3,(H,20,24)(H,21,23)/t11-,13-,14-,15-/m0/s1. The van der Waals surface area contributed by atoms with E-state index in [-0.39, 0.29) is 23.8 Å². The van der Waals surface area contributed by atoms with E-state index in [0.717, 1.165) is 25.7 Å². The molecular weight excluding hydrogens is 320 g/mol. The molecule has 0 unspecified atom stereocenters. The first kappa shape index (κ1) is 19.7. The molecule has 142 valence electrons. The first-order valence-electron chi connectivity index (χ1n) is 9.54. The van der Waals surface area contributed by atoms with Gasteiger partial charge in [0.15, 0.2) is 0 Å². The molecule has 2 heterocycles. The molecule has 0 aromatic carbocycles. The highest BCUT2D eigenvalue weighted by atomic mass is 16.2. The van der Waals surface area contributed by atoms with Crippen LogP contribution in [-0.2, 0) is 14.4 Å². The topological polar surface area (TPSA) is 105 Å². The summed E-state index contributed by atoms with van der Waals surface area (Å²) in [7, 11) is 0. The molecule has 2 saturated heterocycles. The van der Waals surface area contributed by atoms with E-state index in [1.165, 1.54) is 0 Å². The van der Waals surface area contributed by atoms with Crippen LogP contribution in [0.1, 0.15) is 59.3 Å². The van der Waals surface area contributed by atoms with Crippen LogP contribution in [0.5, 0.6) is 0 Å². The molecule has 0 bridgehead atoms. The second kappa shape index (κ2) is 8.65. The van der Waals surface area contributed by atoms with Gasteiger partial charge in [0.1, 0.15) is 12.1 Å². The first-order valence-corrected chi connectivity index (χ1v) is 9.54. The molecular formula is C18H32N4O3. The van der Waals surface area contributed by atoms with Gasteiger partial charge >= 0.3 is 0 Å². The average Bonchev–Trinajstić information content (AvgIpc) is 3.02. The van der Waals surface area contributed by atoms with Crippen molar-refractivity contribution in [2.75, 3.05) is 6.54 Å². The monoisotopic (exact) mass is 352 g/mol. The van der Waals surface area contributed by atoms with Crippen molar-refractivity contribution in [3.63, 3.8) is 0 Å². The summed E-state index contributed by atoms with van der Waals surface area (Å²) >= 11 is 0. The molecule has 7 nitrogen and oxygen atoms in total. The van der Waals surface area contributed by atoms with Crippen molar-refractivity contribution in [1.82, 2.24) is 15.5 Å². The van der Waals surface area contributed by atoms with E-state index in [2.05, 4.69) is 24.5 Å². The minimum absolute atomic E-state index is 0.0677. The first-order chi connectivity index (χ1) is 11.9. The van der Waals surface area contributed by atoms with Crippen LogP contribution in [0.4, 0.5) is 0 Å². The second-order valence-corrected chi connectivity index (χ2v) is 7.35.